The number of aromatic carboxylic acids is 1. The Morgan fingerprint density at radius 1 is 0.553 bits per heavy atom. The number of Topliss-reactive ketones (excluding diaryl/α,β-unsaturated/α-hetero) is 1. The number of hydrogen-bond acceptors (Lipinski definition) is 17. The number of halogens is 5. The van der Waals surface area contributed by atoms with Crippen LogP contribution in [-0.4, -0.2) is 189 Å². The fraction of sp³-hybridized carbons (Fsp3) is 0.441. The first kappa shape index (κ1) is 79.4. The van der Waals surface area contributed by atoms with E-state index in [0.717, 1.165) is 39.5 Å². The number of H-pyrrole nitrogens is 1. The fourth-order valence-corrected chi connectivity index (χ4v) is 16.1. The molecule has 9 rings (SSSR count). The standard InChI is InChI=1S/C21H26BrN3O5S.C13H17BrN2O4S.C12H15BrN2O4S.C11H12BrNO2.C2H6ClNO2S/c1-12-11-25(31(28,29)24(3)4)17-10-14(22)9-16(20(12)17)18(26)7-6-15-19(30-5)8-13(2)23-21(15)27;1-8-7-16(21(18,19)15(2)3)11-6-9(14)5-10(12(8)11)13(17)20-4;1-7-6-15(20(18,19)14(2)3)10-5-8(13)4-9(11(7)10)12(16)17;1-6-5-13-9-4-7(12)3-8(10(6)9)11(14)15-2;1-4(2)7(3,5)6/h8-10,12H,6-7,11H2,1-5H3,(H,23,27);5-6,8H,7H2,1-4H3;4-5,7H,6H2,1-3H3,(H,16,17);3-4,6,13H,5H2,1-2H3;1-2H3. The van der Waals surface area contributed by atoms with E-state index in [0.29, 0.717) is 93.3 Å². The number of esters is 2. The van der Waals surface area contributed by atoms with E-state index in [9.17, 15) is 62.8 Å². The van der Waals surface area contributed by atoms with Crippen LogP contribution in [0.25, 0.3) is 0 Å². The van der Waals surface area contributed by atoms with Gasteiger partial charge in [0.05, 0.1) is 60.6 Å². The molecule has 35 heteroatoms. The zero-order valence-corrected chi connectivity index (χ0v) is 64.7. The van der Waals surface area contributed by atoms with Crippen molar-refractivity contribution in [3.8, 4) is 5.75 Å². The SMILES string of the molecule is CC1CN(S(=O)(=O)N(C)C)c2cc(Br)cc(C(=O)O)c21.CN(C)S(=O)(=O)Cl.COC(=O)c1cc(Br)cc2c1C(C)CN2.COC(=O)c1cc(Br)cc2c1C(C)CN2S(=O)(=O)N(C)C.COc1cc(C)[nH]c(=O)c1CCC(=O)c1cc(Br)cc2c1C(C)CN2S(=O)(=O)N(C)C. The van der Waals surface area contributed by atoms with Crippen molar-refractivity contribution in [3.05, 3.63) is 139 Å². The summed E-state index contributed by atoms with van der Waals surface area (Å²) < 4.78 is 121. The largest absolute Gasteiger partial charge is 0.496 e. The molecule has 4 aromatic carbocycles. The van der Waals surface area contributed by atoms with Gasteiger partial charge in [0, 0.05) is 158 Å². The highest BCUT2D eigenvalue weighted by Crippen LogP contribution is 2.46. The predicted molar refractivity (Wildman–Crippen MR) is 378 cm³/mol. The predicted octanol–water partition coefficient (Wildman–Crippen LogP) is 9.64. The van der Waals surface area contributed by atoms with Gasteiger partial charge in [0.25, 0.3) is 14.8 Å². The van der Waals surface area contributed by atoms with Crippen LogP contribution in [0.15, 0.2) is 77.3 Å². The number of ether oxygens (including phenoxy) is 3. The van der Waals surface area contributed by atoms with Gasteiger partial charge in [0.15, 0.2) is 5.78 Å². The number of hydrogen-bond donors (Lipinski definition) is 3. The van der Waals surface area contributed by atoms with E-state index in [-0.39, 0.29) is 66.6 Å². The first-order valence-corrected chi connectivity index (χ1v) is 38.0. The Bertz CT molecular complexity index is 4280. The minimum absolute atomic E-state index is 0.0862. The first-order chi connectivity index (χ1) is 43.4. The van der Waals surface area contributed by atoms with Gasteiger partial charge in [-0.1, -0.05) is 91.4 Å². The lowest BCUT2D eigenvalue weighted by molar-refractivity contribution is 0.0590. The molecule has 5 heterocycles. The summed E-state index contributed by atoms with van der Waals surface area (Å²) in [6.45, 7) is 11.2. The van der Waals surface area contributed by atoms with E-state index in [1.54, 1.807) is 43.3 Å². The van der Waals surface area contributed by atoms with Gasteiger partial charge >= 0.3 is 48.5 Å². The molecule has 94 heavy (non-hydrogen) atoms. The van der Waals surface area contributed by atoms with Crippen LogP contribution in [0.5, 0.6) is 5.75 Å². The summed E-state index contributed by atoms with van der Waals surface area (Å²) >= 11 is 13.4. The Morgan fingerprint density at radius 2 is 0.904 bits per heavy atom. The molecule has 0 radical (unpaired) electrons. The number of nitrogens with one attached hydrogen (secondary N) is 2. The molecule has 0 bridgehead atoms. The number of carboxylic acids is 1. The van der Waals surface area contributed by atoms with Gasteiger partial charge in [0.2, 0.25) is 0 Å². The van der Waals surface area contributed by atoms with Crippen LogP contribution in [0.2, 0.25) is 0 Å². The molecule has 1 aromatic heterocycles. The van der Waals surface area contributed by atoms with Gasteiger partial charge in [-0.3, -0.25) is 22.5 Å². The quantitative estimate of drug-likeness (QED) is 0.0499. The summed E-state index contributed by atoms with van der Waals surface area (Å²) in [5, 5.41) is 12.6. The molecular formula is C59H76Br4ClN9O17S4. The molecule has 26 nitrogen and oxygen atoms in total. The van der Waals surface area contributed by atoms with Crippen molar-refractivity contribution < 1.29 is 72.2 Å². The Morgan fingerprint density at radius 3 is 1.27 bits per heavy atom. The Hall–Kier alpha value is -5.24. The third kappa shape index (κ3) is 17.9. The molecule has 0 spiro atoms. The monoisotopic (exact) mass is 1660 g/mol. The maximum Gasteiger partial charge on any atom is 0.338 e. The lowest BCUT2D eigenvalue weighted by atomic mass is 9.92. The number of aryl methyl sites for hydroxylation is 1. The van der Waals surface area contributed by atoms with Gasteiger partial charge in [-0.2, -0.15) is 50.9 Å². The van der Waals surface area contributed by atoms with Crippen LogP contribution >= 0.6 is 74.4 Å². The number of methoxy groups -OCH3 is 3. The lowest BCUT2D eigenvalue weighted by Gasteiger charge is -2.24. The van der Waals surface area contributed by atoms with E-state index >= 15 is 0 Å². The zero-order chi connectivity index (χ0) is 71.3. The fourth-order valence-electron chi connectivity index (χ4n) is 10.6. The second-order valence-electron chi connectivity index (χ2n) is 22.8. The molecule has 3 N–H and O–H groups in total. The molecule has 4 atom stereocenters. The summed E-state index contributed by atoms with van der Waals surface area (Å²) in [5.74, 6) is -1.56. The second-order valence-corrected chi connectivity index (χ2v) is 35.4. The zero-order valence-electron chi connectivity index (χ0n) is 54.4. The van der Waals surface area contributed by atoms with Crippen LogP contribution in [-0.2, 0) is 55.8 Å². The number of carbonyl (C=O) groups is 4. The number of carbonyl (C=O) groups excluding carboxylic acids is 3. The van der Waals surface area contributed by atoms with E-state index in [1.165, 1.54) is 96.7 Å². The number of aromatic nitrogens is 1. The molecule has 4 unspecified atom stereocenters. The highest BCUT2D eigenvalue weighted by atomic mass is 79.9. The maximum absolute atomic E-state index is 13.2. The van der Waals surface area contributed by atoms with Crippen molar-refractivity contribution in [3.63, 3.8) is 0 Å². The number of benzene rings is 4. The van der Waals surface area contributed by atoms with Crippen LogP contribution in [0, 0.1) is 6.92 Å². The van der Waals surface area contributed by atoms with Gasteiger partial charge in [-0.15, -0.1) is 0 Å². The molecule has 5 aromatic rings. The van der Waals surface area contributed by atoms with Crippen molar-refractivity contribution in [1.29, 1.82) is 0 Å². The smallest absolute Gasteiger partial charge is 0.338 e. The van der Waals surface area contributed by atoms with Crippen molar-refractivity contribution in [2.45, 2.75) is 71.1 Å². The molecule has 518 valence electrons. The van der Waals surface area contributed by atoms with E-state index in [2.05, 4.69) is 80.9 Å². The highest BCUT2D eigenvalue weighted by Gasteiger charge is 2.41. The number of aromatic amines is 1. The van der Waals surface area contributed by atoms with E-state index in [4.69, 9.17) is 24.9 Å². The number of pyridine rings is 1. The first-order valence-electron chi connectivity index (χ1n) is 28.4. The van der Waals surface area contributed by atoms with Gasteiger partial charge < -0.3 is 29.6 Å². The molecule has 0 saturated carbocycles. The summed E-state index contributed by atoms with van der Waals surface area (Å²) in [5.41, 5.74) is 7.98. The van der Waals surface area contributed by atoms with E-state index in [1.807, 2.05) is 32.9 Å². The number of carboxylic acid groups (broad SMARTS) is 1. The van der Waals surface area contributed by atoms with Crippen LogP contribution in [0.1, 0.15) is 133 Å². The van der Waals surface area contributed by atoms with E-state index < -0.39 is 51.8 Å². The summed E-state index contributed by atoms with van der Waals surface area (Å²) in [6.07, 6.45) is 0.311. The molecule has 0 amide bonds. The normalized spacial score (nSPS) is 17.1. The van der Waals surface area contributed by atoms with Crippen molar-refractivity contribution in [2.75, 3.05) is 122 Å². The Kier molecular flexibility index (Phi) is 27.0. The molecule has 0 aliphatic carbocycles. The average Bonchev–Trinajstić information content (AvgIpc) is 1.61. The number of anilines is 4. The summed E-state index contributed by atoms with van der Waals surface area (Å²) in [6, 6.07) is 15.5. The molecule has 4 aliphatic rings. The van der Waals surface area contributed by atoms with Crippen molar-refractivity contribution in [1.82, 2.24) is 22.2 Å². The topological polar surface area (TPSA) is 320 Å². The maximum atomic E-state index is 13.2. The van der Waals surface area contributed by atoms with Crippen molar-refractivity contribution >= 4 is 161 Å². The highest BCUT2D eigenvalue weighted by molar-refractivity contribution is 9.11. The van der Waals surface area contributed by atoms with Gasteiger partial charge in [0.1, 0.15) is 5.75 Å². The number of rotatable bonds is 15. The summed E-state index contributed by atoms with van der Waals surface area (Å²) in [7, 11) is 6.19. The van der Waals surface area contributed by atoms with Crippen LogP contribution < -0.4 is 28.5 Å². The third-order valence-electron chi connectivity index (χ3n) is 15.3. The molecule has 4 aliphatic heterocycles. The minimum Gasteiger partial charge on any atom is -0.496 e. The summed E-state index contributed by atoms with van der Waals surface area (Å²) in [4.78, 5) is 63.2. The Labute approximate surface area is 587 Å². The number of ketones is 1. The minimum atomic E-state index is -3.68. The Balaban J connectivity index is 0.000000225. The van der Waals surface area contributed by atoms with Crippen LogP contribution in [0.4, 0.5) is 22.7 Å². The van der Waals surface area contributed by atoms with Gasteiger partial charge in [-0.25, -0.2) is 14.4 Å². The van der Waals surface area contributed by atoms with Gasteiger partial charge in [-0.05, 0) is 90.2 Å². The molecule has 0 fully saturated rings. The lowest BCUT2D eigenvalue weighted by Crippen LogP contribution is -2.39. The van der Waals surface area contributed by atoms with Crippen molar-refractivity contribution in [2.24, 2.45) is 0 Å². The third-order valence-corrected chi connectivity index (χ3v) is 24.3. The number of nitrogens with zero attached hydrogens (tertiary/aromatic N) is 7. The molecule has 0 saturated heterocycles. The average molecular weight is 1670 g/mol. The van der Waals surface area contributed by atoms with Crippen LogP contribution in [0.3, 0.4) is 0 Å². The second kappa shape index (κ2) is 32.0. The number of fused-ring (bicyclic) bond motifs is 4. The molecular weight excluding hydrogens is 1590 g/mol.